The number of nitrogens with zero attached hydrogens (tertiary/aromatic N) is 1. The van der Waals surface area contributed by atoms with Crippen LogP contribution in [0.4, 0.5) is 0 Å². The minimum atomic E-state index is -1.07. The Morgan fingerprint density at radius 2 is 2.00 bits per heavy atom. The smallest absolute Gasteiger partial charge is 0.254 e. The minimum Gasteiger partial charge on any atom is -0.336 e. The van der Waals surface area contributed by atoms with Gasteiger partial charge in [-0.2, -0.15) is 0 Å². The standard InChI is InChI=1S/C17H20N2O2/c1-5-12(3)19-14(6-2)15(20)18-17(4,16(19)21)13-10-8-7-9-11-13/h1,7-12,14H,6H2,2-4H3,(H,18,20). The van der Waals surface area contributed by atoms with Crippen LogP contribution in [-0.2, 0) is 15.1 Å². The molecule has 0 saturated carbocycles. The van der Waals surface area contributed by atoms with Gasteiger partial charge in [-0.3, -0.25) is 9.59 Å². The van der Waals surface area contributed by atoms with E-state index in [2.05, 4.69) is 11.2 Å². The van der Waals surface area contributed by atoms with E-state index in [1.807, 2.05) is 37.3 Å². The Hall–Kier alpha value is -2.28. The number of hydrogen-bond donors (Lipinski definition) is 1. The lowest BCUT2D eigenvalue weighted by Crippen LogP contribution is -2.68. The van der Waals surface area contributed by atoms with Gasteiger partial charge in [0.05, 0.1) is 6.04 Å². The molecule has 21 heavy (non-hydrogen) atoms. The maximum Gasteiger partial charge on any atom is 0.254 e. The van der Waals surface area contributed by atoms with Gasteiger partial charge in [0, 0.05) is 0 Å². The number of piperazine rings is 1. The Labute approximate surface area is 125 Å². The monoisotopic (exact) mass is 284 g/mol. The number of rotatable bonds is 3. The molecule has 1 aliphatic rings. The Balaban J connectivity index is 2.50. The molecule has 0 radical (unpaired) electrons. The lowest BCUT2D eigenvalue weighted by Gasteiger charge is -2.45. The largest absolute Gasteiger partial charge is 0.336 e. The van der Waals surface area contributed by atoms with Crippen molar-refractivity contribution in [3.8, 4) is 12.3 Å². The molecule has 1 aliphatic heterocycles. The third-order valence-corrected chi connectivity index (χ3v) is 4.07. The van der Waals surface area contributed by atoms with E-state index in [-0.39, 0.29) is 11.8 Å². The molecule has 0 aliphatic carbocycles. The van der Waals surface area contributed by atoms with Crippen molar-refractivity contribution in [2.75, 3.05) is 0 Å². The molecule has 1 heterocycles. The van der Waals surface area contributed by atoms with E-state index in [9.17, 15) is 9.59 Å². The van der Waals surface area contributed by atoms with Crippen LogP contribution in [0.5, 0.6) is 0 Å². The van der Waals surface area contributed by atoms with E-state index >= 15 is 0 Å². The van der Waals surface area contributed by atoms with Gasteiger partial charge < -0.3 is 10.2 Å². The molecule has 0 spiro atoms. The van der Waals surface area contributed by atoms with Gasteiger partial charge in [0.15, 0.2) is 0 Å². The van der Waals surface area contributed by atoms with Crippen molar-refractivity contribution >= 4 is 11.8 Å². The van der Waals surface area contributed by atoms with Crippen molar-refractivity contribution in [3.05, 3.63) is 35.9 Å². The molecular weight excluding hydrogens is 264 g/mol. The maximum absolute atomic E-state index is 13.0. The van der Waals surface area contributed by atoms with Crippen molar-refractivity contribution in [3.63, 3.8) is 0 Å². The van der Waals surface area contributed by atoms with Gasteiger partial charge in [-0.05, 0) is 25.8 Å². The Bertz CT molecular complexity index is 591. The van der Waals surface area contributed by atoms with Gasteiger partial charge in [0.2, 0.25) is 5.91 Å². The third kappa shape index (κ3) is 2.40. The summed E-state index contributed by atoms with van der Waals surface area (Å²) >= 11 is 0. The van der Waals surface area contributed by atoms with E-state index in [1.54, 1.807) is 13.8 Å². The highest BCUT2D eigenvalue weighted by Gasteiger charge is 2.49. The highest BCUT2D eigenvalue weighted by atomic mass is 16.2. The summed E-state index contributed by atoms with van der Waals surface area (Å²) in [4.78, 5) is 26.9. The fraction of sp³-hybridized carbons (Fsp3) is 0.412. The van der Waals surface area contributed by atoms with Crippen LogP contribution in [0, 0.1) is 12.3 Å². The second-order valence-electron chi connectivity index (χ2n) is 5.46. The molecule has 0 bridgehead atoms. The predicted octanol–water partition coefficient (Wildman–Crippen LogP) is 1.66. The van der Waals surface area contributed by atoms with Crippen molar-refractivity contribution in [2.24, 2.45) is 0 Å². The zero-order valence-corrected chi connectivity index (χ0v) is 12.6. The second-order valence-corrected chi connectivity index (χ2v) is 5.46. The SMILES string of the molecule is C#CC(C)N1C(=O)C(C)(c2ccccc2)NC(=O)C1CC. The van der Waals surface area contributed by atoms with Crippen molar-refractivity contribution in [1.29, 1.82) is 0 Å². The van der Waals surface area contributed by atoms with Crippen LogP contribution in [0.2, 0.25) is 0 Å². The first kappa shape index (κ1) is 15.1. The molecule has 1 fully saturated rings. The second kappa shape index (κ2) is 5.61. The van der Waals surface area contributed by atoms with E-state index in [0.29, 0.717) is 6.42 Å². The van der Waals surface area contributed by atoms with E-state index in [0.717, 1.165) is 5.56 Å². The molecule has 3 atom stereocenters. The summed E-state index contributed by atoms with van der Waals surface area (Å²) in [5.74, 6) is 2.24. The van der Waals surface area contributed by atoms with E-state index in [4.69, 9.17) is 6.42 Å². The van der Waals surface area contributed by atoms with Crippen LogP contribution < -0.4 is 5.32 Å². The van der Waals surface area contributed by atoms with E-state index < -0.39 is 17.6 Å². The Morgan fingerprint density at radius 3 is 2.52 bits per heavy atom. The average Bonchev–Trinajstić information content (AvgIpc) is 2.50. The maximum atomic E-state index is 13.0. The summed E-state index contributed by atoms with van der Waals surface area (Å²) in [5, 5.41) is 2.87. The third-order valence-electron chi connectivity index (χ3n) is 4.07. The molecule has 1 N–H and O–H groups in total. The minimum absolute atomic E-state index is 0.161. The summed E-state index contributed by atoms with van der Waals surface area (Å²) in [5.41, 5.74) is -0.318. The number of hydrogen-bond acceptors (Lipinski definition) is 2. The number of benzene rings is 1. The van der Waals surface area contributed by atoms with Gasteiger partial charge in [0.25, 0.3) is 5.91 Å². The molecule has 0 aromatic heterocycles. The van der Waals surface area contributed by atoms with Crippen LogP contribution in [0.25, 0.3) is 0 Å². The molecule has 1 aromatic rings. The Kier molecular flexibility index (Phi) is 4.04. The highest BCUT2D eigenvalue weighted by Crippen LogP contribution is 2.30. The summed E-state index contributed by atoms with van der Waals surface area (Å²) in [6.07, 6.45) is 6.02. The molecule has 2 rings (SSSR count). The van der Waals surface area contributed by atoms with Crippen LogP contribution in [0.1, 0.15) is 32.8 Å². The first-order chi connectivity index (χ1) is 9.95. The highest BCUT2D eigenvalue weighted by molar-refractivity contribution is 6.00. The topological polar surface area (TPSA) is 49.4 Å². The fourth-order valence-electron chi connectivity index (χ4n) is 2.78. The zero-order chi connectivity index (χ0) is 15.6. The first-order valence-corrected chi connectivity index (χ1v) is 7.12. The molecule has 4 nitrogen and oxygen atoms in total. The van der Waals surface area contributed by atoms with Crippen molar-refractivity contribution in [2.45, 2.75) is 44.8 Å². The van der Waals surface area contributed by atoms with Gasteiger partial charge in [-0.1, -0.05) is 43.2 Å². The lowest BCUT2D eigenvalue weighted by molar-refractivity contribution is -0.156. The normalized spacial score (nSPS) is 27.0. The zero-order valence-electron chi connectivity index (χ0n) is 12.6. The summed E-state index contributed by atoms with van der Waals surface area (Å²) in [6.45, 7) is 5.37. The molecular formula is C17H20N2O2. The summed E-state index contributed by atoms with van der Waals surface area (Å²) in [6, 6.07) is 8.31. The van der Waals surface area contributed by atoms with Gasteiger partial charge in [-0.25, -0.2) is 0 Å². The summed E-state index contributed by atoms with van der Waals surface area (Å²) in [7, 11) is 0. The average molecular weight is 284 g/mol. The van der Waals surface area contributed by atoms with Gasteiger partial charge >= 0.3 is 0 Å². The van der Waals surface area contributed by atoms with Crippen molar-refractivity contribution in [1.82, 2.24) is 10.2 Å². The van der Waals surface area contributed by atoms with Crippen LogP contribution in [-0.4, -0.2) is 28.8 Å². The fourth-order valence-corrected chi connectivity index (χ4v) is 2.78. The van der Waals surface area contributed by atoms with Crippen LogP contribution in [0.3, 0.4) is 0 Å². The molecule has 1 aromatic carbocycles. The number of amides is 2. The first-order valence-electron chi connectivity index (χ1n) is 7.12. The predicted molar refractivity (Wildman–Crippen MR) is 81.2 cm³/mol. The van der Waals surface area contributed by atoms with Crippen LogP contribution >= 0.6 is 0 Å². The number of carbonyl (C=O) groups excluding carboxylic acids is 2. The molecule has 4 heteroatoms. The van der Waals surface area contributed by atoms with Gasteiger partial charge in [0.1, 0.15) is 11.6 Å². The molecule has 3 unspecified atom stereocenters. The molecule has 2 amide bonds. The number of carbonyl (C=O) groups is 2. The van der Waals surface area contributed by atoms with Crippen LogP contribution in [0.15, 0.2) is 30.3 Å². The van der Waals surface area contributed by atoms with Gasteiger partial charge in [-0.15, -0.1) is 6.42 Å². The molecule has 110 valence electrons. The summed E-state index contributed by atoms with van der Waals surface area (Å²) < 4.78 is 0. The van der Waals surface area contributed by atoms with E-state index in [1.165, 1.54) is 4.90 Å². The lowest BCUT2D eigenvalue weighted by atomic mass is 9.86. The van der Waals surface area contributed by atoms with Crippen molar-refractivity contribution < 1.29 is 9.59 Å². The Morgan fingerprint density at radius 1 is 1.38 bits per heavy atom. The molecule has 1 saturated heterocycles. The quantitative estimate of drug-likeness (QED) is 0.858. The number of nitrogens with one attached hydrogen (secondary N) is 1. The number of terminal acetylenes is 1.